The van der Waals surface area contributed by atoms with Crippen molar-refractivity contribution >= 4 is 29.2 Å². The van der Waals surface area contributed by atoms with Gasteiger partial charge >= 0.3 is 5.69 Å². The average molecular weight is 298 g/mol. The third kappa shape index (κ3) is 2.62. The summed E-state index contributed by atoms with van der Waals surface area (Å²) in [7, 11) is 0. The van der Waals surface area contributed by atoms with Crippen LogP contribution in [0.1, 0.15) is 24.6 Å². The quantitative estimate of drug-likeness (QED) is 0.840. The van der Waals surface area contributed by atoms with Crippen LogP contribution in [-0.2, 0) is 5.75 Å². The van der Waals surface area contributed by atoms with Crippen LogP contribution in [0.15, 0.2) is 22.1 Å². The van der Waals surface area contributed by atoms with Gasteiger partial charge in [0.05, 0.1) is 10.7 Å². The highest BCUT2D eigenvalue weighted by Crippen LogP contribution is 2.36. The van der Waals surface area contributed by atoms with Gasteiger partial charge in [-0.1, -0.05) is 23.4 Å². The van der Waals surface area contributed by atoms with Crippen LogP contribution >= 0.6 is 23.4 Å². The number of nitrogen functional groups attached to an aromatic ring is 1. The third-order valence-corrected chi connectivity index (χ3v) is 4.17. The van der Waals surface area contributed by atoms with Crippen LogP contribution in [-0.4, -0.2) is 19.7 Å². The number of hydrogen-bond acceptors (Lipinski definition) is 5. The monoisotopic (exact) mass is 297 g/mol. The normalized spacial score (nSPS) is 14.8. The molecule has 1 aliphatic rings. The summed E-state index contributed by atoms with van der Waals surface area (Å²) in [5, 5.41) is 7.75. The molecular weight excluding hydrogens is 286 g/mol. The molecule has 0 unspecified atom stereocenters. The number of hydrogen-bond donors (Lipinski definition) is 2. The minimum Gasteiger partial charge on any atom is -0.384 e. The molecule has 2 aromatic heterocycles. The van der Waals surface area contributed by atoms with Crippen molar-refractivity contribution < 1.29 is 0 Å². The van der Waals surface area contributed by atoms with Crippen molar-refractivity contribution in [2.75, 3.05) is 5.73 Å². The maximum absolute atomic E-state index is 11.6. The molecule has 0 bridgehead atoms. The Balaban J connectivity index is 1.79. The van der Waals surface area contributed by atoms with Crippen molar-refractivity contribution in [2.24, 2.45) is 0 Å². The predicted octanol–water partition coefficient (Wildman–Crippen LogP) is 1.83. The molecule has 3 rings (SSSR count). The highest BCUT2D eigenvalue weighted by molar-refractivity contribution is 7.98. The molecular formula is C11H12ClN5OS. The second kappa shape index (κ2) is 4.90. The number of thioether (sulfide) groups is 1. The lowest BCUT2D eigenvalue weighted by Gasteiger charge is -2.05. The summed E-state index contributed by atoms with van der Waals surface area (Å²) in [6.45, 7) is 0. The molecule has 6 nitrogen and oxygen atoms in total. The van der Waals surface area contributed by atoms with Gasteiger partial charge in [-0.25, -0.2) is 14.9 Å². The fourth-order valence-electron chi connectivity index (χ4n) is 1.78. The fraction of sp³-hybridized carbons (Fsp3) is 0.364. The van der Waals surface area contributed by atoms with E-state index in [2.05, 4.69) is 15.2 Å². The van der Waals surface area contributed by atoms with Crippen molar-refractivity contribution in [2.45, 2.75) is 29.8 Å². The molecule has 0 aromatic carbocycles. The number of nitrogens with two attached hydrogens (primary N) is 1. The molecule has 8 heteroatoms. The lowest BCUT2D eigenvalue weighted by molar-refractivity contribution is 0.642. The number of rotatable bonds is 4. The van der Waals surface area contributed by atoms with Crippen LogP contribution in [0, 0.1) is 0 Å². The summed E-state index contributed by atoms with van der Waals surface area (Å²) in [5.41, 5.74) is 6.18. The van der Waals surface area contributed by atoms with Crippen molar-refractivity contribution in [3.8, 4) is 0 Å². The van der Waals surface area contributed by atoms with Gasteiger partial charge in [0.15, 0.2) is 5.16 Å². The molecule has 0 aliphatic heterocycles. The van der Waals surface area contributed by atoms with E-state index in [1.165, 1.54) is 11.8 Å². The lowest BCUT2D eigenvalue weighted by atomic mass is 10.4. The summed E-state index contributed by atoms with van der Waals surface area (Å²) in [6.07, 6.45) is 2.06. The maximum Gasteiger partial charge on any atom is 0.344 e. The first-order valence-electron chi connectivity index (χ1n) is 5.86. The van der Waals surface area contributed by atoms with Gasteiger partial charge in [-0.3, -0.25) is 4.57 Å². The zero-order valence-corrected chi connectivity index (χ0v) is 11.5. The molecule has 0 spiro atoms. The number of aromatic nitrogens is 4. The van der Waals surface area contributed by atoms with E-state index < -0.39 is 0 Å². The van der Waals surface area contributed by atoms with E-state index in [1.54, 1.807) is 16.7 Å². The van der Waals surface area contributed by atoms with E-state index in [0.717, 1.165) is 12.8 Å². The molecule has 0 saturated heterocycles. The maximum atomic E-state index is 11.6. The van der Waals surface area contributed by atoms with Gasteiger partial charge in [0, 0.05) is 11.8 Å². The number of nitrogens with zero attached hydrogens (tertiary/aromatic N) is 3. The zero-order valence-electron chi connectivity index (χ0n) is 9.97. The Labute approximate surface area is 118 Å². The Morgan fingerprint density at radius 1 is 1.53 bits per heavy atom. The first-order chi connectivity index (χ1) is 9.15. The van der Waals surface area contributed by atoms with Crippen molar-refractivity contribution in [3.05, 3.63) is 33.3 Å². The minimum absolute atomic E-state index is 0.156. The molecule has 1 aliphatic carbocycles. The van der Waals surface area contributed by atoms with E-state index >= 15 is 0 Å². The Kier molecular flexibility index (Phi) is 3.24. The van der Waals surface area contributed by atoms with Crippen LogP contribution in [0.4, 0.5) is 5.82 Å². The number of aromatic amines is 1. The largest absolute Gasteiger partial charge is 0.384 e. The molecule has 100 valence electrons. The summed E-state index contributed by atoms with van der Waals surface area (Å²) in [6, 6.07) is 3.67. The smallest absolute Gasteiger partial charge is 0.344 e. The molecule has 1 saturated carbocycles. The van der Waals surface area contributed by atoms with Crippen LogP contribution in [0.2, 0.25) is 5.02 Å². The van der Waals surface area contributed by atoms with Crippen LogP contribution in [0.25, 0.3) is 0 Å². The Morgan fingerprint density at radius 3 is 3.05 bits per heavy atom. The summed E-state index contributed by atoms with van der Waals surface area (Å²) in [4.78, 5) is 15.8. The highest BCUT2D eigenvalue weighted by Gasteiger charge is 2.28. The van der Waals surface area contributed by atoms with Crippen molar-refractivity contribution in [3.63, 3.8) is 0 Å². The second-order valence-corrected chi connectivity index (χ2v) is 5.72. The average Bonchev–Trinajstić information content (AvgIpc) is 3.15. The molecule has 1 fully saturated rings. The standard InChI is InChI=1S/C11H12ClN5OS/c12-7-3-4-9(13)14-8(7)5-19-11-16-15-10(18)17(11)6-1-2-6/h3-4,6H,1-2,5H2,(H2,13,14)(H,15,18). The molecule has 0 radical (unpaired) electrons. The number of H-pyrrole nitrogens is 1. The van der Waals surface area contributed by atoms with Gasteiger partial charge < -0.3 is 5.73 Å². The highest BCUT2D eigenvalue weighted by atomic mass is 35.5. The van der Waals surface area contributed by atoms with Gasteiger partial charge in [0.25, 0.3) is 0 Å². The minimum atomic E-state index is -0.156. The van der Waals surface area contributed by atoms with E-state index in [1.807, 2.05) is 0 Å². The van der Waals surface area contributed by atoms with Crippen LogP contribution < -0.4 is 11.4 Å². The number of halogens is 1. The number of nitrogens with one attached hydrogen (secondary N) is 1. The third-order valence-electron chi connectivity index (χ3n) is 2.86. The predicted molar refractivity (Wildman–Crippen MR) is 74.3 cm³/mol. The van der Waals surface area contributed by atoms with Gasteiger partial charge in [-0.15, -0.1) is 5.10 Å². The molecule has 3 N–H and O–H groups in total. The first-order valence-corrected chi connectivity index (χ1v) is 7.22. The van der Waals surface area contributed by atoms with Gasteiger partial charge in [-0.05, 0) is 25.0 Å². The van der Waals surface area contributed by atoms with E-state index in [-0.39, 0.29) is 11.7 Å². The summed E-state index contributed by atoms with van der Waals surface area (Å²) in [5.74, 6) is 0.961. The first kappa shape index (κ1) is 12.6. The lowest BCUT2D eigenvalue weighted by Crippen LogP contribution is -2.16. The number of pyridine rings is 1. The summed E-state index contributed by atoms with van der Waals surface area (Å²) < 4.78 is 1.70. The van der Waals surface area contributed by atoms with Gasteiger partial charge in [-0.2, -0.15) is 0 Å². The Hall–Kier alpha value is -1.47. The van der Waals surface area contributed by atoms with Crippen molar-refractivity contribution in [1.82, 2.24) is 19.7 Å². The molecule has 0 amide bonds. The topological polar surface area (TPSA) is 89.6 Å². The Morgan fingerprint density at radius 2 is 2.32 bits per heavy atom. The molecule has 2 heterocycles. The van der Waals surface area contributed by atoms with E-state index in [0.29, 0.717) is 27.4 Å². The van der Waals surface area contributed by atoms with E-state index in [9.17, 15) is 4.79 Å². The molecule has 19 heavy (non-hydrogen) atoms. The fourth-order valence-corrected chi connectivity index (χ4v) is 3.00. The zero-order chi connectivity index (χ0) is 13.4. The Bertz CT molecular complexity index is 663. The van der Waals surface area contributed by atoms with Gasteiger partial charge in [0.2, 0.25) is 0 Å². The second-order valence-electron chi connectivity index (χ2n) is 4.37. The summed E-state index contributed by atoms with van der Waals surface area (Å²) >= 11 is 7.48. The van der Waals surface area contributed by atoms with Crippen molar-refractivity contribution in [1.29, 1.82) is 0 Å². The molecule has 2 aromatic rings. The number of anilines is 1. The van der Waals surface area contributed by atoms with Gasteiger partial charge in [0.1, 0.15) is 5.82 Å². The SMILES string of the molecule is Nc1ccc(Cl)c(CSc2n[nH]c(=O)n2C2CC2)n1. The van der Waals surface area contributed by atoms with Crippen LogP contribution in [0.5, 0.6) is 0 Å². The molecule has 0 atom stereocenters. The van der Waals surface area contributed by atoms with Crippen LogP contribution in [0.3, 0.4) is 0 Å². The van der Waals surface area contributed by atoms with E-state index in [4.69, 9.17) is 17.3 Å².